The second-order valence-corrected chi connectivity index (χ2v) is 4.08. The summed E-state index contributed by atoms with van der Waals surface area (Å²) in [5.41, 5.74) is 1.18. The zero-order valence-electron chi connectivity index (χ0n) is 8.99. The van der Waals surface area contributed by atoms with Crippen LogP contribution < -0.4 is 5.32 Å². The van der Waals surface area contributed by atoms with Crippen molar-refractivity contribution in [1.29, 1.82) is 5.26 Å². The van der Waals surface area contributed by atoms with Crippen molar-refractivity contribution in [2.24, 2.45) is 0 Å². The van der Waals surface area contributed by atoms with E-state index in [0.29, 0.717) is 6.54 Å². The van der Waals surface area contributed by atoms with Gasteiger partial charge in [0, 0.05) is 11.4 Å². The first-order valence-electron chi connectivity index (χ1n) is 4.74. The van der Waals surface area contributed by atoms with Gasteiger partial charge in [-0.3, -0.25) is 4.79 Å². The molecule has 82 valence electrons. The van der Waals surface area contributed by atoms with Gasteiger partial charge in [0.05, 0.1) is 0 Å². The molecule has 0 saturated carbocycles. The lowest BCUT2D eigenvalue weighted by Crippen LogP contribution is -2.24. The van der Waals surface area contributed by atoms with Gasteiger partial charge < -0.3 is 5.32 Å². The number of nitriles is 1. The zero-order chi connectivity index (χ0) is 12.0. The molecule has 1 amide bonds. The van der Waals surface area contributed by atoms with Gasteiger partial charge in [-0.25, -0.2) is 0 Å². The summed E-state index contributed by atoms with van der Waals surface area (Å²) in [4.78, 5) is 12.5. The molecule has 1 N–H and O–H groups in total. The number of carbonyl (C=O) groups excluding carboxylic acids is 1. The van der Waals surface area contributed by atoms with Crippen LogP contribution in [0.4, 0.5) is 0 Å². The molecule has 0 aliphatic rings. The molecule has 16 heavy (non-hydrogen) atoms. The molecule has 1 heterocycles. The van der Waals surface area contributed by atoms with Crippen LogP contribution in [0.3, 0.4) is 0 Å². The topological polar surface area (TPSA) is 52.9 Å². The van der Waals surface area contributed by atoms with Crippen LogP contribution in [0.5, 0.6) is 0 Å². The molecular weight excluding hydrogens is 220 g/mol. The van der Waals surface area contributed by atoms with Gasteiger partial charge in [0.1, 0.15) is 11.6 Å². The predicted molar refractivity (Wildman–Crippen MR) is 65.9 cm³/mol. The van der Waals surface area contributed by atoms with Crippen molar-refractivity contribution >= 4 is 23.3 Å². The molecule has 0 atom stereocenters. The van der Waals surface area contributed by atoms with E-state index in [2.05, 4.69) is 11.9 Å². The summed E-state index contributed by atoms with van der Waals surface area (Å²) < 4.78 is 0. The fourth-order valence-corrected chi connectivity index (χ4v) is 1.93. The van der Waals surface area contributed by atoms with Gasteiger partial charge in [0.15, 0.2) is 0 Å². The monoisotopic (exact) mass is 232 g/mol. The number of hydrogen-bond donors (Lipinski definition) is 1. The van der Waals surface area contributed by atoms with Crippen molar-refractivity contribution in [3.63, 3.8) is 0 Å². The van der Waals surface area contributed by atoms with Crippen molar-refractivity contribution in [1.82, 2.24) is 5.32 Å². The quantitative estimate of drug-likeness (QED) is 0.492. The summed E-state index contributed by atoms with van der Waals surface area (Å²) in [5, 5.41) is 13.4. The van der Waals surface area contributed by atoms with Crippen LogP contribution in [0.15, 0.2) is 29.7 Å². The van der Waals surface area contributed by atoms with Crippen LogP contribution in [-0.2, 0) is 4.79 Å². The van der Waals surface area contributed by atoms with E-state index in [1.165, 1.54) is 11.3 Å². The van der Waals surface area contributed by atoms with Crippen molar-refractivity contribution in [2.75, 3.05) is 6.54 Å². The van der Waals surface area contributed by atoms with Crippen LogP contribution in [0.2, 0.25) is 0 Å². The minimum atomic E-state index is -0.366. The van der Waals surface area contributed by atoms with Gasteiger partial charge in [-0.2, -0.15) is 5.26 Å². The number of rotatable bonds is 4. The van der Waals surface area contributed by atoms with E-state index < -0.39 is 0 Å². The highest BCUT2D eigenvalue weighted by Gasteiger charge is 2.08. The Morgan fingerprint density at radius 3 is 3.00 bits per heavy atom. The molecule has 1 rings (SSSR count). The summed E-state index contributed by atoms with van der Waals surface area (Å²) in [6.45, 7) is 5.80. The number of thiophene rings is 1. The third kappa shape index (κ3) is 3.07. The van der Waals surface area contributed by atoms with Gasteiger partial charge in [-0.15, -0.1) is 17.9 Å². The molecular formula is C12H12N2OS. The lowest BCUT2D eigenvalue weighted by molar-refractivity contribution is -0.116. The summed E-state index contributed by atoms with van der Waals surface area (Å²) >= 11 is 1.51. The van der Waals surface area contributed by atoms with Gasteiger partial charge in [0.25, 0.3) is 5.91 Å². The number of hydrogen-bond acceptors (Lipinski definition) is 3. The highest BCUT2D eigenvalue weighted by molar-refractivity contribution is 7.11. The smallest absolute Gasteiger partial charge is 0.262 e. The normalized spacial score (nSPS) is 10.6. The molecule has 0 radical (unpaired) electrons. The van der Waals surface area contributed by atoms with Crippen molar-refractivity contribution in [2.45, 2.75) is 6.92 Å². The minimum absolute atomic E-state index is 0.118. The molecule has 0 aliphatic heterocycles. The summed E-state index contributed by atoms with van der Waals surface area (Å²) in [6, 6.07) is 3.85. The van der Waals surface area contributed by atoms with Crippen molar-refractivity contribution in [3.8, 4) is 6.07 Å². The highest BCUT2D eigenvalue weighted by Crippen LogP contribution is 2.18. The number of nitrogens with one attached hydrogen (secondary N) is 1. The molecule has 0 fully saturated rings. The summed E-state index contributed by atoms with van der Waals surface area (Å²) in [5.74, 6) is -0.366. The molecule has 3 nitrogen and oxygen atoms in total. The highest BCUT2D eigenvalue weighted by atomic mass is 32.1. The Hall–Kier alpha value is -1.86. The molecule has 0 aromatic carbocycles. The molecule has 0 unspecified atom stereocenters. The third-order valence-electron chi connectivity index (χ3n) is 1.95. The van der Waals surface area contributed by atoms with Gasteiger partial charge in [-0.1, -0.05) is 6.08 Å². The Balaban J connectivity index is 2.87. The molecule has 0 aliphatic carbocycles. The molecule has 1 aromatic heterocycles. The maximum absolute atomic E-state index is 11.5. The number of nitrogens with zero attached hydrogens (tertiary/aromatic N) is 1. The molecule has 4 heteroatoms. The fraction of sp³-hybridized carbons (Fsp3) is 0.167. The Labute approximate surface area is 98.7 Å². The van der Waals surface area contributed by atoms with Crippen LogP contribution in [0.25, 0.3) is 6.08 Å². The van der Waals surface area contributed by atoms with E-state index in [1.54, 1.807) is 12.2 Å². The van der Waals surface area contributed by atoms with Crippen LogP contribution in [-0.4, -0.2) is 12.5 Å². The number of aryl methyl sites for hydroxylation is 1. The summed E-state index contributed by atoms with van der Waals surface area (Å²) in [6.07, 6.45) is 3.18. The summed E-state index contributed by atoms with van der Waals surface area (Å²) in [7, 11) is 0. The number of carbonyl (C=O) groups is 1. The van der Waals surface area contributed by atoms with Gasteiger partial charge in [0.2, 0.25) is 0 Å². The number of amides is 1. The Kier molecular flexibility index (Phi) is 4.49. The van der Waals surface area contributed by atoms with Crippen molar-refractivity contribution in [3.05, 3.63) is 40.1 Å². The first kappa shape index (κ1) is 12.2. The Bertz CT molecular complexity index is 466. The Morgan fingerprint density at radius 2 is 2.50 bits per heavy atom. The standard InChI is InChI=1S/C12H12N2OS/c1-3-5-14-12(15)10(8-13)7-11-9(2)4-6-16-11/h3-4,6-7H,1,5H2,2H3,(H,14,15)/b10-7+. The maximum atomic E-state index is 11.5. The second kappa shape index (κ2) is 5.89. The van der Waals surface area contributed by atoms with E-state index >= 15 is 0 Å². The average molecular weight is 232 g/mol. The van der Waals surface area contributed by atoms with Gasteiger partial charge >= 0.3 is 0 Å². The van der Waals surface area contributed by atoms with Crippen LogP contribution >= 0.6 is 11.3 Å². The first-order chi connectivity index (χ1) is 7.69. The fourth-order valence-electron chi connectivity index (χ4n) is 1.07. The van der Waals surface area contributed by atoms with E-state index in [-0.39, 0.29) is 11.5 Å². The molecule has 0 spiro atoms. The van der Waals surface area contributed by atoms with E-state index in [4.69, 9.17) is 5.26 Å². The lowest BCUT2D eigenvalue weighted by Gasteiger charge is -1.99. The lowest BCUT2D eigenvalue weighted by atomic mass is 10.2. The van der Waals surface area contributed by atoms with E-state index in [0.717, 1.165) is 10.4 Å². The Morgan fingerprint density at radius 1 is 1.75 bits per heavy atom. The molecule has 0 bridgehead atoms. The maximum Gasteiger partial charge on any atom is 0.262 e. The van der Waals surface area contributed by atoms with Crippen LogP contribution in [0, 0.1) is 18.3 Å². The third-order valence-corrected chi connectivity index (χ3v) is 2.92. The molecule has 0 saturated heterocycles. The second-order valence-electron chi connectivity index (χ2n) is 3.14. The predicted octanol–water partition coefficient (Wildman–Crippen LogP) is 2.27. The van der Waals surface area contributed by atoms with Crippen LogP contribution in [0.1, 0.15) is 10.4 Å². The average Bonchev–Trinajstić information content (AvgIpc) is 2.68. The molecule has 1 aromatic rings. The SMILES string of the molecule is C=CCNC(=O)/C(C#N)=C/c1sccc1C. The van der Waals surface area contributed by atoms with E-state index in [1.807, 2.05) is 24.4 Å². The minimum Gasteiger partial charge on any atom is -0.348 e. The first-order valence-corrected chi connectivity index (χ1v) is 5.62. The van der Waals surface area contributed by atoms with E-state index in [9.17, 15) is 4.79 Å². The van der Waals surface area contributed by atoms with Crippen molar-refractivity contribution < 1.29 is 4.79 Å². The zero-order valence-corrected chi connectivity index (χ0v) is 9.80. The van der Waals surface area contributed by atoms with Gasteiger partial charge in [-0.05, 0) is 30.0 Å². The largest absolute Gasteiger partial charge is 0.348 e.